The Hall–Kier alpha value is -2.23. The molecule has 2 rings (SSSR count). The molecule has 0 radical (unpaired) electrons. The van der Waals surface area contributed by atoms with Crippen molar-refractivity contribution in [2.24, 2.45) is 0 Å². The van der Waals surface area contributed by atoms with E-state index in [4.69, 9.17) is 16.1 Å². The van der Waals surface area contributed by atoms with Crippen LogP contribution < -0.4 is 11.1 Å². The van der Waals surface area contributed by atoms with Gasteiger partial charge < -0.3 is 16.2 Å². The van der Waals surface area contributed by atoms with Crippen LogP contribution in [0.3, 0.4) is 0 Å². The van der Waals surface area contributed by atoms with Crippen LogP contribution in [0.25, 0.3) is 0 Å². The number of carboxylic acids is 1. The maximum absolute atomic E-state index is 10.7. The summed E-state index contributed by atoms with van der Waals surface area (Å²) in [6.45, 7) is -0.340. The number of nitrogen functional groups attached to an aromatic ring is 1. The van der Waals surface area contributed by atoms with Gasteiger partial charge in [0.2, 0.25) is 0 Å². The number of nitrogens with zero attached hydrogens (tertiary/aromatic N) is 3. The first-order chi connectivity index (χ1) is 9.11. The van der Waals surface area contributed by atoms with Gasteiger partial charge in [0, 0.05) is 6.04 Å². The van der Waals surface area contributed by atoms with Crippen molar-refractivity contribution in [1.82, 2.24) is 9.78 Å². The SMILES string of the molecule is N#Cc1c(NC2CCCCC2)nn(CC(=O)O)c1N. The van der Waals surface area contributed by atoms with Crippen molar-refractivity contribution in [2.45, 2.75) is 44.7 Å². The van der Waals surface area contributed by atoms with Gasteiger partial charge in [0.05, 0.1) is 0 Å². The Morgan fingerprint density at radius 3 is 2.79 bits per heavy atom. The van der Waals surface area contributed by atoms with E-state index < -0.39 is 5.97 Å². The van der Waals surface area contributed by atoms with Crippen molar-refractivity contribution in [3.63, 3.8) is 0 Å². The zero-order valence-corrected chi connectivity index (χ0v) is 10.6. The number of anilines is 2. The minimum Gasteiger partial charge on any atom is -0.480 e. The first kappa shape index (κ1) is 13.2. The highest BCUT2D eigenvalue weighted by molar-refractivity contribution is 5.70. The number of nitrogens with one attached hydrogen (secondary N) is 1. The highest BCUT2D eigenvalue weighted by Crippen LogP contribution is 2.25. The first-order valence-electron chi connectivity index (χ1n) is 6.36. The minimum atomic E-state index is -1.04. The lowest BCUT2D eigenvalue weighted by Gasteiger charge is -2.22. The third-order valence-electron chi connectivity index (χ3n) is 3.33. The fourth-order valence-corrected chi connectivity index (χ4v) is 2.38. The number of nitrogens with two attached hydrogens (primary N) is 1. The van der Waals surface area contributed by atoms with Crippen molar-refractivity contribution in [3.05, 3.63) is 5.56 Å². The molecule has 1 saturated carbocycles. The molecule has 0 atom stereocenters. The highest BCUT2D eigenvalue weighted by atomic mass is 16.4. The first-order valence-corrected chi connectivity index (χ1v) is 6.36. The molecule has 0 aromatic carbocycles. The summed E-state index contributed by atoms with van der Waals surface area (Å²) in [5, 5.41) is 25.2. The van der Waals surface area contributed by atoms with Crippen LogP contribution in [0.2, 0.25) is 0 Å². The monoisotopic (exact) mass is 263 g/mol. The molecule has 1 aromatic heterocycles. The molecule has 0 aliphatic heterocycles. The number of rotatable bonds is 4. The van der Waals surface area contributed by atoms with E-state index in [0.29, 0.717) is 5.82 Å². The molecule has 7 nitrogen and oxygen atoms in total. The Balaban J connectivity index is 2.19. The summed E-state index contributed by atoms with van der Waals surface area (Å²) in [6, 6.07) is 2.27. The fraction of sp³-hybridized carbons (Fsp3) is 0.583. The van der Waals surface area contributed by atoms with Gasteiger partial charge in [0.1, 0.15) is 24.0 Å². The van der Waals surface area contributed by atoms with E-state index in [-0.39, 0.29) is 24.0 Å². The smallest absolute Gasteiger partial charge is 0.325 e. The molecule has 1 heterocycles. The van der Waals surface area contributed by atoms with Gasteiger partial charge in [-0.05, 0) is 12.8 Å². The lowest BCUT2D eigenvalue weighted by molar-refractivity contribution is -0.137. The predicted octanol–water partition coefficient (Wildman–Crippen LogP) is 1.17. The topological polar surface area (TPSA) is 117 Å². The van der Waals surface area contributed by atoms with Gasteiger partial charge in [-0.3, -0.25) is 4.79 Å². The molecule has 102 valence electrons. The quantitative estimate of drug-likeness (QED) is 0.750. The summed E-state index contributed by atoms with van der Waals surface area (Å²) in [6.07, 6.45) is 5.63. The Morgan fingerprint density at radius 1 is 1.53 bits per heavy atom. The number of aliphatic carboxylic acids is 1. The van der Waals surface area contributed by atoms with E-state index in [9.17, 15) is 4.79 Å². The Labute approximate surface area is 111 Å². The molecule has 0 amide bonds. The lowest BCUT2D eigenvalue weighted by Crippen LogP contribution is -2.23. The zero-order chi connectivity index (χ0) is 13.8. The van der Waals surface area contributed by atoms with Crippen LogP contribution in [0.1, 0.15) is 37.7 Å². The lowest BCUT2D eigenvalue weighted by atomic mass is 9.95. The normalized spacial score (nSPS) is 15.9. The van der Waals surface area contributed by atoms with Gasteiger partial charge >= 0.3 is 5.97 Å². The number of aromatic nitrogens is 2. The minimum absolute atomic E-state index is 0.100. The van der Waals surface area contributed by atoms with E-state index in [2.05, 4.69) is 10.4 Å². The average molecular weight is 263 g/mol. The van der Waals surface area contributed by atoms with Crippen molar-refractivity contribution in [3.8, 4) is 6.07 Å². The molecule has 0 bridgehead atoms. The molecular formula is C12H17N5O2. The maximum atomic E-state index is 10.7. The van der Waals surface area contributed by atoms with E-state index in [0.717, 1.165) is 30.4 Å². The number of carboxylic acid groups (broad SMARTS) is 1. The highest BCUT2D eigenvalue weighted by Gasteiger charge is 2.20. The van der Waals surface area contributed by atoms with Crippen molar-refractivity contribution in [1.29, 1.82) is 5.26 Å². The molecule has 7 heteroatoms. The van der Waals surface area contributed by atoms with Gasteiger partial charge in [-0.15, -0.1) is 0 Å². The maximum Gasteiger partial charge on any atom is 0.325 e. The molecule has 0 unspecified atom stereocenters. The zero-order valence-electron chi connectivity index (χ0n) is 10.6. The van der Waals surface area contributed by atoms with Crippen molar-refractivity contribution in [2.75, 3.05) is 11.1 Å². The Kier molecular flexibility index (Phi) is 3.90. The van der Waals surface area contributed by atoms with Crippen LogP contribution in [0, 0.1) is 11.3 Å². The van der Waals surface area contributed by atoms with Gasteiger partial charge in [0.25, 0.3) is 0 Å². The summed E-state index contributed by atoms with van der Waals surface area (Å²) < 4.78 is 1.14. The average Bonchev–Trinajstić information content (AvgIpc) is 2.66. The Morgan fingerprint density at radius 2 is 2.21 bits per heavy atom. The number of carbonyl (C=O) groups is 1. The van der Waals surface area contributed by atoms with Crippen LogP contribution in [0.5, 0.6) is 0 Å². The van der Waals surface area contributed by atoms with Crippen LogP contribution in [-0.4, -0.2) is 26.9 Å². The Bertz CT molecular complexity index is 511. The van der Waals surface area contributed by atoms with Gasteiger partial charge in [-0.25, -0.2) is 4.68 Å². The molecule has 1 aliphatic rings. The number of hydrogen-bond donors (Lipinski definition) is 3. The largest absolute Gasteiger partial charge is 0.480 e. The molecule has 0 saturated heterocycles. The number of nitriles is 1. The fourth-order valence-electron chi connectivity index (χ4n) is 2.38. The summed E-state index contributed by atoms with van der Waals surface area (Å²) in [7, 11) is 0. The summed E-state index contributed by atoms with van der Waals surface area (Å²) in [5.41, 5.74) is 5.97. The van der Waals surface area contributed by atoms with E-state index in [1.807, 2.05) is 6.07 Å². The standard InChI is InChI=1S/C12H17N5O2/c13-6-9-11(14)17(7-10(18)19)16-12(9)15-8-4-2-1-3-5-8/h8H,1-5,7,14H2,(H,15,16)(H,18,19). The van der Waals surface area contributed by atoms with Gasteiger partial charge in [-0.1, -0.05) is 19.3 Å². The second-order valence-electron chi connectivity index (χ2n) is 4.75. The summed E-state index contributed by atoms with van der Waals surface area (Å²) in [5.74, 6) is -0.542. The molecule has 4 N–H and O–H groups in total. The van der Waals surface area contributed by atoms with Crippen LogP contribution >= 0.6 is 0 Å². The van der Waals surface area contributed by atoms with E-state index in [1.165, 1.54) is 6.42 Å². The molecule has 19 heavy (non-hydrogen) atoms. The second-order valence-corrected chi connectivity index (χ2v) is 4.75. The molecule has 1 aromatic rings. The van der Waals surface area contributed by atoms with Gasteiger partial charge in [0.15, 0.2) is 5.82 Å². The van der Waals surface area contributed by atoms with Crippen molar-refractivity contribution >= 4 is 17.6 Å². The molecular weight excluding hydrogens is 246 g/mol. The van der Waals surface area contributed by atoms with E-state index >= 15 is 0 Å². The number of hydrogen-bond acceptors (Lipinski definition) is 5. The van der Waals surface area contributed by atoms with Crippen LogP contribution in [-0.2, 0) is 11.3 Å². The predicted molar refractivity (Wildman–Crippen MR) is 69.5 cm³/mol. The second kappa shape index (κ2) is 5.61. The summed E-state index contributed by atoms with van der Waals surface area (Å²) in [4.78, 5) is 10.7. The third kappa shape index (κ3) is 2.96. The van der Waals surface area contributed by atoms with Crippen LogP contribution in [0.4, 0.5) is 11.6 Å². The molecule has 1 fully saturated rings. The van der Waals surface area contributed by atoms with Crippen LogP contribution in [0.15, 0.2) is 0 Å². The third-order valence-corrected chi connectivity index (χ3v) is 3.33. The van der Waals surface area contributed by atoms with Gasteiger partial charge in [-0.2, -0.15) is 10.4 Å². The van der Waals surface area contributed by atoms with E-state index in [1.54, 1.807) is 0 Å². The summed E-state index contributed by atoms with van der Waals surface area (Å²) >= 11 is 0. The molecule has 0 spiro atoms. The van der Waals surface area contributed by atoms with Crippen molar-refractivity contribution < 1.29 is 9.90 Å². The molecule has 1 aliphatic carbocycles.